The van der Waals surface area contributed by atoms with Crippen LogP contribution in [0, 0.1) is 0 Å². The summed E-state index contributed by atoms with van der Waals surface area (Å²) < 4.78 is 1.93. The Bertz CT molecular complexity index is 720. The molecular weight excluding hydrogens is 266 g/mol. The van der Waals surface area contributed by atoms with Crippen molar-refractivity contribution in [2.75, 3.05) is 0 Å². The van der Waals surface area contributed by atoms with Crippen LogP contribution < -0.4 is 5.32 Å². The molecule has 0 aromatic carbocycles. The predicted molar refractivity (Wildman–Crippen MR) is 82.1 cm³/mol. The Morgan fingerprint density at radius 1 is 1.25 bits per heavy atom. The highest BCUT2D eigenvalue weighted by molar-refractivity contribution is 7.12. The van der Waals surface area contributed by atoms with Gasteiger partial charge in [0.05, 0.1) is 11.7 Å². The molecule has 0 saturated carbocycles. The first-order valence-electron chi connectivity index (χ1n) is 7.12. The second-order valence-electron chi connectivity index (χ2n) is 5.32. The number of pyridine rings is 1. The van der Waals surface area contributed by atoms with Crippen molar-refractivity contribution in [1.82, 2.24) is 14.9 Å². The number of fused-ring (bicyclic) bond motifs is 2. The monoisotopic (exact) mass is 283 g/mol. The lowest BCUT2D eigenvalue weighted by Gasteiger charge is -2.02. The average molecular weight is 283 g/mol. The third-order valence-electron chi connectivity index (χ3n) is 3.92. The molecule has 0 atom stereocenters. The van der Waals surface area contributed by atoms with Crippen LogP contribution in [-0.4, -0.2) is 9.61 Å². The minimum Gasteiger partial charge on any atom is -0.308 e. The molecular formula is C16H17N3S. The Morgan fingerprint density at radius 2 is 2.25 bits per heavy atom. The van der Waals surface area contributed by atoms with Crippen LogP contribution >= 0.6 is 11.3 Å². The smallest absolute Gasteiger partial charge is 0.0706 e. The van der Waals surface area contributed by atoms with E-state index in [0.29, 0.717) is 0 Å². The van der Waals surface area contributed by atoms with Crippen molar-refractivity contribution < 1.29 is 0 Å². The van der Waals surface area contributed by atoms with Gasteiger partial charge in [0.15, 0.2) is 0 Å². The normalized spacial score (nSPS) is 14.0. The quantitative estimate of drug-likeness (QED) is 0.797. The first-order valence-corrected chi connectivity index (χ1v) is 7.94. The van der Waals surface area contributed by atoms with E-state index in [1.165, 1.54) is 35.2 Å². The molecule has 0 spiro atoms. The molecule has 0 radical (unpaired) electrons. The zero-order valence-electron chi connectivity index (χ0n) is 11.3. The molecule has 1 aliphatic rings. The topological polar surface area (TPSA) is 29.3 Å². The van der Waals surface area contributed by atoms with Crippen molar-refractivity contribution >= 4 is 16.9 Å². The number of thiophene rings is 1. The van der Waals surface area contributed by atoms with Crippen molar-refractivity contribution in [1.29, 1.82) is 0 Å². The van der Waals surface area contributed by atoms with Gasteiger partial charge in [-0.05, 0) is 43.0 Å². The Kier molecular flexibility index (Phi) is 3.05. The summed E-state index contributed by atoms with van der Waals surface area (Å²) in [5.41, 5.74) is 4.03. The Balaban J connectivity index is 1.42. The molecule has 3 aromatic rings. The number of nitrogens with one attached hydrogen (secondary N) is 1. The number of hydrogen-bond donors (Lipinski definition) is 1. The van der Waals surface area contributed by atoms with E-state index in [0.717, 1.165) is 13.1 Å². The second-order valence-corrected chi connectivity index (χ2v) is 6.54. The maximum atomic E-state index is 4.36. The van der Waals surface area contributed by atoms with Crippen molar-refractivity contribution in [3.05, 3.63) is 57.5 Å². The molecule has 1 N–H and O–H groups in total. The van der Waals surface area contributed by atoms with Crippen LogP contribution in [0.1, 0.15) is 27.3 Å². The van der Waals surface area contributed by atoms with E-state index in [1.807, 2.05) is 34.3 Å². The highest BCUT2D eigenvalue weighted by atomic mass is 32.1. The maximum Gasteiger partial charge on any atom is 0.0706 e. The molecule has 3 aromatic heterocycles. The fourth-order valence-electron chi connectivity index (χ4n) is 2.92. The third-order valence-corrected chi connectivity index (χ3v) is 5.16. The van der Waals surface area contributed by atoms with Crippen LogP contribution in [0.5, 0.6) is 0 Å². The first-order chi connectivity index (χ1) is 9.90. The first kappa shape index (κ1) is 12.1. The van der Waals surface area contributed by atoms with Gasteiger partial charge in [0.25, 0.3) is 0 Å². The molecule has 0 aliphatic heterocycles. The minimum absolute atomic E-state index is 0.871. The molecule has 4 heteroatoms. The van der Waals surface area contributed by atoms with Crippen LogP contribution in [0.2, 0.25) is 0 Å². The molecule has 102 valence electrons. The second kappa shape index (κ2) is 5.04. The summed E-state index contributed by atoms with van der Waals surface area (Å²) in [6, 6.07) is 8.56. The van der Waals surface area contributed by atoms with E-state index in [2.05, 4.69) is 28.6 Å². The number of hydrogen-bond acceptors (Lipinski definition) is 3. The highest BCUT2D eigenvalue weighted by Crippen LogP contribution is 2.30. The lowest BCUT2D eigenvalue weighted by Crippen LogP contribution is -2.11. The summed E-state index contributed by atoms with van der Waals surface area (Å²) in [6.45, 7) is 1.83. The number of aryl methyl sites for hydroxylation is 2. The molecule has 0 saturated heterocycles. The van der Waals surface area contributed by atoms with Crippen LogP contribution in [0.3, 0.4) is 0 Å². The Labute approximate surface area is 122 Å². The lowest BCUT2D eigenvalue weighted by atomic mass is 10.2. The molecule has 0 unspecified atom stereocenters. The number of aromatic nitrogens is 2. The Hall–Kier alpha value is -1.65. The van der Waals surface area contributed by atoms with Gasteiger partial charge in [0.1, 0.15) is 0 Å². The number of nitrogens with zero attached hydrogens (tertiary/aromatic N) is 2. The van der Waals surface area contributed by atoms with Gasteiger partial charge in [0.2, 0.25) is 0 Å². The summed E-state index contributed by atoms with van der Waals surface area (Å²) in [5.74, 6) is 0. The molecule has 0 fully saturated rings. The minimum atomic E-state index is 0.871. The Morgan fingerprint density at radius 3 is 3.20 bits per heavy atom. The van der Waals surface area contributed by atoms with Gasteiger partial charge in [-0.25, -0.2) is 4.52 Å². The van der Waals surface area contributed by atoms with E-state index in [1.54, 1.807) is 10.4 Å². The van der Waals surface area contributed by atoms with Gasteiger partial charge in [-0.15, -0.1) is 11.3 Å². The van der Waals surface area contributed by atoms with E-state index in [9.17, 15) is 0 Å². The molecule has 20 heavy (non-hydrogen) atoms. The molecule has 1 aliphatic carbocycles. The molecule has 3 heterocycles. The lowest BCUT2D eigenvalue weighted by molar-refractivity contribution is 0.703. The van der Waals surface area contributed by atoms with Crippen LogP contribution in [0.25, 0.3) is 5.52 Å². The summed E-state index contributed by atoms with van der Waals surface area (Å²) in [7, 11) is 0. The van der Waals surface area contributed by atoms with Crippen molar-refractivity contribution in [2.45, 2.75) is 32.4 Å². The van der Waals surface area contributed by atoms with Gasteiger partial charge in [-0.1, -0.05) is 6.07 Å². The van der Waals surface area contributed by atoms with Gasteiger partial charge >= 0.3 is 0 Å². The highest BCUT2D eigenvalue weighted by Gasteiger charge is 2.14. The van der Waals surface area contributed by atoms with Crippen molar-refractivity contribution in [2.24, 2.45) is 0 Å². The van der Waals surface area contributed by atoms with E-state index in [4.69, 9.17) is 0 Å². The van der Waals surface area contributed by atoms with E-state index >= 15 is 0 Å². The van der Waals surface area contributed by atoms with E-state index in [-0.39, 0.29) is 0 Å². The van der Waals surface area contributed by atoms with E-state index < -0.39 is 0 Å². The summed E-state index contributed by atoms with van der Waals surface area (Å²) in [6.07, 6.45) is 7.85. The van der Waals surface area contributed by atoms with Crippen LogP contribution in [0.15, 0.2) is 36.7 Å². The van der Waals surface area contributed by atoms with Crippen LogP contribution in [0.4, 0.5) is 0 Å². The maximum absolute atomic E-state index is 4.36. The zero-order chi connectivity index (χ0) is 13.4. The predicted octanol–water partition coefficient (Wildman–Crippen LogP) is 3.17. The number of rotatable bonds is 4. The summed E-state index contributed by atoms with van der Waals surface area (Å²) in [5, 5.41) is 7.91. The largest absolute Gasteiger partial charge is 0.308 e. The van der Waals surface area contributed by atoms with Gasteiger partial charge < -0.3 is 5.32 Å². The summed E-state index contributed by atoms with van der Waals surface area (Å²) in [4.78, 5) is 3.07. The average Bonchev–Trinajstić information content (AvgIpc) is 3.13. The van der Waals surface area contributed by atoms with Crippen molar-refractivity contribution in [3.63, 3.8) is 0 Å². The fraction of sp³-hybridized carbons (Fsp3) is 0.312. The van der Waals surface area contributed by atoms with Gasteiger partial charge in [-0.3, -0.25) is 0 Å². The van der Waals surface area contributed by atoms with Gasteiger partial charge in [0, 0.05) is 34.6 Å². The molecule has 4 rings (SSSR count). The summed E-state index contributed by atoms with van der Waals surface area (Å²) >= 11 is 1.98. The molecule has 0 bridgehead atoms. The standard InChI is InChI=1S/C16H17N3S/c1-2-7-19-15(5-1)13(10-18-19)9-17-11-14-8-12-4-3-6-16(12)20-14/h1-2,5,7-8,10,17H,3-4,6,9,11H2. The molecule has 0 amide bonds. The fourth-order valence-corrected chi connectivity index (χ4v) is 4.15. The SMILES string of the molecule is c1ccn2ncc(CNCc3cc4c(s3)CCC4)c2c1. The zero-order valence-corrected chi connectivity index (χ0v) is 12.1. The van der Waals surface area contributed by atoms with Crippen molar-refractivity contribution in [3.8, 4) is 0 Å². The van der Waals surface area contributed by atoms with Crippen LogP contribution in [-0.2, 0) is 25.9 Å². The molecule has 3 nitrogen and oxygen atoms in total. The third kappa shape index (κ3) is 2.15. The van der Waals surface area contributed by atoms with Gasteiger partial charge in [-0.2, -0.15) is 5.10 Å².